The summed E-state index contributed by atoms with van der Waals surface area (Å²) in [6.07, 6.45) is 1.23. The van der Waals surface area contributed by atoms with E-state index in [-0.39, 0.29) is 11.6 Å². The van der Waals surface area contributed by atoms with E-state index in [0.29, 0.717) is 16.4 Å². The van der Waals surface area contributed by atoms with E-state index < -0.39 is 4.92 Å². The molecule has 0 aliphatic carbocycles. The molecule has 0 aliphatic rings. The van der Waals surface area contributed by atoms with Gasteiger partial charge in [0.2, 0.25) is 0 Å². The van der Waals surface area contributed by atoms with Gasteiger partial charge in [-0.2, -0.15) is 0 Å². The summed E-state index contributed by atoms with van der Waals surface area (Å²) in [6, 6.07) is 11.8. The number of non-ortho nitro benzene ring substituents is 1. The van der Waals surface area contributed by atoms with Gasteiger partial charge in [0.05, 0.1) is 16.0 Å². The molecule has 98 valence electrons. The van der Waals surface area contributed by atoms with Crippen LogP contribution in [0.25, 0.3) is 21.8 Å². The normalized spacial score (nSPS) is 10.8. The first kappa shape index (κ1) is 12.1. The van der Waals surface area contributed by atoms with Gasteiger partial charge >= 0.3 is 0 Å². The van der Waals surface area contributed by atoms with Crippen LogP contribution in [0.2, 0.25) is 0 Å². The number of nitro benzene ring substituents is 1. The number of allylic oxidation sites excluding steroid dienone is 1. The van der Waals surface area contributed by atoms with Crippen LogP contribution in [0.5, 0.6) is 0 Å². The van der Waals surface area contributed by atoms with Gasteiger partial charge in [0.1, 0.15) is 0 Å². The van der Waals surface area contributed by atoms with E-state index in [1.165, 1.54) is 22.8 Å². The Morgan fingerprint density at radius 2 is 1.85 bits per heavy atom. The average molecular weight is 266 g/mol. The summed E-state index contributed by atoms with van der Waals surface area (Å²) in [5.74, 6) is -0.259. The van der Waals surface area contributed by atoms with Crippen molar-refractivity contribution < 1.29 is 9.72 Å². The number of nitro groups is 1. The van der Waals surface area contributed by atoms with Gasteiger partial charge in [-0.1, -0.05) is 24.8 Å². The molecule has 3 rings (SSSR count). The highest BCUT2D eigenvalue weighted by Gasteiger charge is 2.16. The summed E-state index contributed by atoms with van der Waals surface area (Å²) >= 11 is 0. The second-order valence-corrected chi connectivity index (χ2v) is 4.35. The van der Waals surface area contributed by atoms with Crippen molar-refractivity contribution in [3.63, 3.8) is 0 Å². The summed E-state index contributed by atoms with van der Waals surface area (Å²) in [6.45, 7) is 3.50. The van der Waals surface area contributed by atoms with E-state index in [1.54, 1.807) is 6.07 Å². The lowest BCUT2D eigenvalue weighted by atomic mass is 10.1. The number of para-hydroxylation sites is 1. The number of benzene rings is 2. The predicted molar refractivity (Wildman–Crippen MR) is 76.9 cm³/mol. The number of rotatable bonds is 2. The van der Waals surface area contributed by atoms with Gasteiger partial charge in [0.25, 0.3) is 11.6 Å². The number of hydrogen-bond donors (Lipinski definition) is 0. The highest BCUT2D eigenvalue weighted by molar-refractivity contribution is 6.15. The van der Waals surface area contributed by atoms with E-state index in [0.717, 1.165) is 5.39 Å². The first-order valence-electron chi connectivity index (χ1n) is 5.98. The quantitative estimate of drug-likeness (QED) is 0.405. The fraction of sp³-hybridized carbons (Fsp3) is 0. The van der Waals surface area contributed by atoms with E-state index in [4.69, 9.17) is 0 Å². The van der Waals surface area contributed by atoms with Crippen LogP contribution >= 0.6 is 0 Å². The number of carbonyl (C=O) groups is 1. The van der Waals surface area contributed by atoms with Gasteiger partial charge in [-0.15, -0.1) is 0 Å². The molecular weight excluding hydrogens is 256 g/mol. The third-order valence-corrected chi connectivity index (χ3v) is 3.26. The Morgan fingerprint density at radius 1 is 1.15 bits per heavy atom. The molecule has 1 heterocycles. The molecule has 5 nitrogen and oxygen atoms in total. The Hall–Kier alpha value is -2.95. The second kappa shape index (κ2) is 4.31. The Bertz CT molecular complexity index is 877. The lowest BCUT2D eigenvalue weighted by molar-refractivity contribution is -0.384. The molecule has 20 heavy (non-hydrogen) atoms. The van der Waals surface area contributed by atoms with E-state index >= 15 is 0 Å². The van der Waals surface area contributed by atoms with Crippen LogP contribution in [0.15, 0.2) is 55.1 Å². The standard InChI is InChI=1S/C15H10N2O3/c1-2-15(18)16-13-6-4-3-5-11(13)12-9-10(17(19)20)7-8-14(12)16/h2-9H,1H2. The van der Waals surface area contributed by atoms with Crippen LogP contribution in [0, 0.1) is 10.1 Å². The summed E-state index contributed by atoms with van der Waals surface area (Å²) in [4.78, 5) is 22.5. The number of carbonyl (C=O) groups excluding carboxylic acids is 1. The maximum Gasteiger partial charge on any atom is 0.270 e. The highest BCUT2D eigenvalue weighted by Crippen LogP contribution is 2.31. The van der Waals surface area contributed by atoms with Gasteiger partial charge < -0.3 is 0 Å². The van der Waals surface area contributed by atoms with Gasteiger partial charge in [0.15, 0.2) is 0 Å². The van der Waals surface area contributed by atoms with Crippen molar-refractivity contribution in [2.24, 2.45) is 0 Å². The molecule has 0 bridgehead atoms. The van der Waals surface area contributed by atoms with Crippen LogP contribution in [0.4, 0.5) is 5.69 Å². The molecular formula is C15H10N2O3. The van der Waals surface area contributed by atoms with Crippen LogP contribution in [-0.2, 0) is 0 Å². The van der Waals surface area contributed by atoms with Crippen LogP contribution in [0.1, 0.15) is 4.79 Å². The summed E-state index contributed by atoms with van der Waals surface area (Å²) < 4.78 is 1.52. The number of fused-ring (bicyclic) bond motifs is 3. The first-order valence-corrected chi connectivity index (χ1v) is 5.98. The smallest absolute Gasteiger partial charge is 0.270 e. The average Bonchev–Trinajstić information content (AvgIpc) is 2.80. The Morgan fingerprint density at radius 3 is 2.55 bits per heavy atom. The van der Waals surface area contributed by atoms with Gasteiger partial charge in [0, 0.05) is 22.9 Å². The lowest BCUT2D eigenvalue weighted by Gasteiger charge is -2.01. The molecule has 0 aliphatic heterocycles. The highest BCUT2D eigenvalue weighted by atomic mass is 16.6. The molecule has 0 atom stereocenters. The number of nitrogens with zero attached hydrogens (tertiary/aromatic N) is 2. The SMILES string of the molecule is C=CC(=O)n1c2ccccc2c2cc([N+](=O)[O-])ccc21. The van der Waals surface area contributed by atoms with Crippen LogP contribution in [0.3, 0.4) is 0 Å². The minimum atomic E-state index is -0.444. The largest absolute Gasteiger partial charge is 0.276 e. The topological polar surface area (TPSA) is 65.1 Å². The second-order valence-electron chi connectivity index (χ2n) is 4.35. The maximum atomic E-state index is 12.0. The van der Waals surface area contributed by atoms with E-state index in [1.807, 2.05) is 24.3 Å². The molecule has 0 N–H and O–H groups in total. The molecule has 0 radical (unpaired) electrons. The molecule has 3 aromatic rings. The molecule has 0 fully saturated rings. The Balaban J connectivity index is 2.50. The van der Waals surface area contributed by atoms with Crippen molar-refractivity contribution in [1.29, 1.82) is 0 Å². The van der Waals surface area contributed by atoms with Crippen LogP contribution < -0.4 is 0 Å². The lowest BCUT2D eigenvalue weighted by Crippen LogP contribution is -2.05. The summed E-state index contributed by atoms with van der Waals surface area (Å²) in [5, 5.41) is 12.4. The predicted octanol–water partition coefficient (Wildman–Crippen LogP) is 3.53. The monoisotopic (exact) mass is 266 g/mol. The van der Waals surface area contributed by atoms with Crippen molar-refractivity contribution >= 4 is 33.4 Å². The third kappa shape index (κ3) is 1.60. The molecule has 0 spiro atoms. The van der Waals surface area contributed by atoms with E-state index in [9.17, 15) is 14.9 Å². The minimum absolute atomic E-state index is 0.00598. The Labute approximate surface area is 113 Å². The number of aromatic nitrogens is 1. The molecule has 1 aromatic heterocycles. The third-order valence-electron chi connectivity index (χ3n) is 3.26. The fourth-order valence-corrected chi connectivity index (χ4v) is 2.40. The molecule has 0 saturated carbocycles. The summed E-state index contributed by atoms with van der Waals surface area (Å²) in [5.41, 5.74) is 1.36. The van der Waals surface area contributed by atoms with Crippen molar-refractivity contribution in [3.05, 3.63) is 65.2 Å². The van der Waals surface area contributed by atoms with Crippen molar-refractivity contribution in [1.82, 2.24) is 4.57 Å². The molecule has 5 heteroatoms. The van der Waals surface area contributed by atoms with Gasteiger partial charge in [-0.3, -0.25) is 19.5 Å². The maximum absolute atomic E-state index is 12.0. The first-order chi connectivity index (χ1) is 9.63. The molecule has 0 amide bonds. The molecule has 2 aromatic carbocycles. The van der Waals surface area contributed by atoms with Crippen molar-refractivity contribution in [2.75, 3.05) is 0 Å². The van der Waals surface area contributed by atoms with Gasteiger partial charge in [-0.25, -0.2) is 0 Å². The number of hydrogen-bond acceptors (Lipinski definition) is 3. The zero-order valence-electron chi connectivity index (χ0n) is 10.4. The van der Waals surface area contributed by atoms with Crippen LogP contribution in [-0.4, -0.2) is 15.4 Å². The minimum Gasteiger partial charge on any atom is -0.276 e. The van der Waals surface area contributed by atoms with Crippen molar-refractivity contribution in [2.45, 2.75) is 0 Å². The van der Waals surface area contributed by atoms with Gasteiger partial charge in [-0.05, 0) is 18.2 Å². The Kier molecular flexibility index (Phi) is 2.61. The zero-order chi connectivity index (χ0) is 14.3. The fourth-order valence-electron chi connectivity index (χ4n) is 2.40. The van der Waals surface area contributed by atoms with E-state index in [2.05, 4.69) is 6.58 Å². The van der Waals surface area contributed by atoms with Crippen molar-refractivity contribution in [3.8, 4) is 0 Å². The molecule has 0 saturated heterocycles. The molecule has 0 unspecified atom stereocenters. The summed E-state index contributed by atoms with van der Waals surface area (Å²) in [7, 11) is 0. The zero-order valence-corrected chi connectivity index (χ0v) is 10.4.